The van der Waals surface area contributed by atoms with Gasteiger partial charge in [0.05, 0.1) is 11.6 Å². The minimum Gasteiger partial charge on any atom is -0.375 e. The SMILES string of the molecule is CCN(C)C(=O)C(C)NC1CCOC2(CCSCC2)C1. The predicted octanol–water partition coefficient (Wildman–Crippen LogP) is 1.89. The molecule has 2 atom stereocenters. The van der Waals surface area contributed by atoms with Crippen LogP contribution in [-0.2, 0) is 9.53 Å². The average molecular weight is 300 g/mol. The smallest absolute Gasteiger partial charge is 0.239 e. The molecule has 2 aliphatic rings. The third-order valence-corrected chi connectivity index (χ3v) is 5.59. The van der Waals surface area contributed by atoms with E-state index in [0.29, 0.717) is 6.04 Å². The zero-order valence-corrected chi connectivity index (χ0v) is 13.8. The molecule has 1 amide bonds. The molecule has 0 aromatic heterocycles. The number of carbonyl (C=O) groups excluding carboxylic acids is 1. The molecule has 2 fully saturated rings. The lowest BCUT2D eigenvalue weighted by Crippen LogP contribution is -2.53. The Morgan fingerprint density at radius 2 is 2.20 bits per heavy atom. The molecule has 0 radical (unpaired) electrons. The first-order chi connectivity index (χ1) is 9.56. The molecule has 4 nitrogen and oxygen atoms in total. The Hall–Kier alpha value is -0.260. The van der Waals surface area contributed by atoms with Crippen LogP contribution < -0.4 is 5.32 Å². The van der Waals surface area contributed by atoms with Gasteiger partial charge in [-0.1, -0.05) is 0 Å². The Bertz CT molecular complexity index is 326. The lowest BCUT2D eigenvalue weighted by molar-refractivity contribution is -0.133. The fourth-order valence-corrected chi connectivity index (χ4v) is 4.41. The van der Waals surface area contributed by atoms with Gasteiger partial charge in [0.1, 0.15) is 0 Å². The fraction of sp³-hybridized carbons (Fsp3) is 0.933. The van der Waals surface area contributed by atoms with Crippen LogP contribution in [0.25, 0.3) is 0 Å². The molecule has 5 heteroatoms. The van der Waals surface area contributed by atoms with Crippen molar-refractivity contribution >= 4 is 17.7 Å². The number of likely N-dealkylation sites (N-methyl/N-ethyl adjacent to an activating group) is 1. The van der Waals surface area contributed by atoms with Gasteiger partial charge in [0, 0.05) is 26.2 Å². The van der Waals surface area contributed by atoms with E-state index < -0.39 is 0 Å². The maximum atomic E-state index is 12.1. The Balaban J connectivity index is 1.87. The first-order valence-corrected chi connectivity index (χ1v) is 8.94. The lowest BCUT2D eigenvalue weighted by Gasteiger charge is -2.44. The maximum absolute atomic E-state index is 12.1. The van der Waals surface area contributed by atoms with Crippen molar-refractivity contribution < 1.29 is 9.53 Å². The summed E-state index contributed by atoms with van der Waals surface area (Å²) >= 11 is 2.03. The van der Waals surface area contributed by atoms with E-state index in [1.807, 2.05) is 32.7 Å². The average Bonchev–Trinajstić information content (AvgIpc) is 2.46. The molecule has 116 valence electrons. The highest BCUT2D eigenvalue weighted by atomic mass is 32.2. The zero-order chi connectivity index (χ0) is 14.6. The molecule has 0 aromatic carbocycles. The number of ether oxygens (including phenoxy) is 1. The van der Waals surface area contributed by atoms with Crippen LogP contribution in [0.5, 0.6) is 0 Å². The van der Waals surface area contributed by atoms with Gasteiger partial charge < -0.3 is 15.0 Å². The number of nitrogens with zero attached hydrogens (tertiary/aromatic N) is 1. The summed E-state index contributed by atoms with van der Waals surface area (Å²) in [6, 6.07) is 0.314. The monoisotopic (exact) mass is 300 g/mol. The second-order valence-corrected chi connectivity index (χ2v) is 7.30. The van der Waals surface area contributed by atoms with Gasteiger partial charge in [0.2, 0.25) is 5.91 Å². The largest absolute Gasteiger partial charge is 0.375 e. The summed E-state index contributed by atoms with van der Waals surface area (Å²) < 4.78 is 6.10. The molecule has 1 N–H and O–H groups in total. The zero-order valence-electron chi connectivity index (χ0n) is 13.0. The molecule has 2 rings (SSSR count). The van der Waals surface area contributed by atoms with Crippen molar-refractivity contribution in [1.82, 2.24) is 10.2 Å². The lowest BCUT2D eigenvalue weighted by atomic mass is 9.85. The van der Waals surface area contributed by atoms with E-state index >= 15 is 0 Å². The number of rotatable bonds is 4. The fourth-order valence-electron chi connectivity index (χ4n) is 3.17. The van der Waals surface area contributed by atoms with E-state index in [1.54, 1.807) is 4.90 Å². The van der Waals surface area contributed by atoms with Crippen LogP contribution in [0.1, 0.15) is 39.5 Å². The number of hydrogen-bond acceptors (Lipinski definition) is 4. The summed E-state index contributed by atoms with van der Waals surface area (Å²) in [5, 5.41) is 3.53. The quantitative estimate of drug-likeness (QED) is 0.861. The van der Waals surface area contributed by atoms with Gasteiger partial charge in [0.25, 0.3) is 0 Å². The van der Waals surface area contributed by atoms with Gasteiger partial charge in [-0.3, -0.25) is 4.79 Å². The molecule has 0 aliphatic carbocycles. The highest BCUT2D eigenvalue weighted by molar-refractivity contribution is 7.99. The van der Waals surface area contributed by atoms with Crippen molar-refractivity contribution in [1.29, 1.82) is 0 Å². The van der Waals surface area contributed by atoms with E-state index in [-0.39, 0.29) is 17.6 Å². The standard InChI is InChI=1S/C15H28N2O2S/c1-4-17(3)14(18)12(2)16-13-5-8-19-15(11-13)6-9-20-10-7-15/h12-13,16H,4-11H2,1-3H3. The molecule has 2 unspecified atom stereocenters. The molecule has 0 saturated carbocycles. The predicted molar refractivity (Wildman–Crippen MR) is 84.2 cm³/mol. The van der Waals surface area contributed by atoms with Gasteiger partial charge >= 0.3 is 0 Å². The molecule has 0 bridgehead atoms. The van der Waals surface area contributed by atoms with Crippen LogP contribution in [0.3, 0.4) is 0 Å². The van der Waals surface area contributed by atoms with Crippen molar-refractivity contribution in [2.75, 3.05) is 31.7 Å². The van der Waals surface area contributed by atoms with Crippen LogP contribution in [-0.4, -0.2) is 60.2 Å². The normalized spacial score (nSPS) is 27.2. The summed E-state index contributed by atoms with van der Waals surface area (Å²) in [7, 11) is 1.87. The van der Waals surface area contributed by atoms with Gasteiger partial charge in [-0.25, -0.2) is 0 Å². The minimum atomic E-state index is -0.0990. The first kappa shape index (κ1) is 16.1. The molecule has 2 aliphatic heterocycles. The van der Waals surface area contributed by atoms with E-state index in [1.165, 1.54) is 11.5 Å². The van der Waals surface area contributed by atoms with Gasteiger partial charge in [0.15, 0.2) is 0 Å². The molecular formula is C15H28N2O2S. The molecular weight excluding hydrogens is 272 g/mol. The topological polar surface area (TPSA) is 41.6 Å². The number of hydrogen-bond donors (Lipinski definition) is 1. The highest BCUT2D eigenvalue weighted by Crippen LogP contribution is 2.37. The third kappa shape index (κ3) is 3.89. The Morgan fingerprint density at radius 1 is 1.50 bits per heavy atom. The Morgan fingerprint density at radius 3 is 2.85 bits per heavy atom. The Labute approximate surface area is 127 Å². The first-order valence-electron chi connectivity index (χ1n) is 7.79. The van der Waals surface area contributed by atoms with Crippen molar-refractivity contribution in [2.24, 2.45) is 0 Å². The van der Waals surface area contributed by atoms with E-state index in [4.69, 9.17) is 4.74 Å². The second kappa shape index (κ2) is 7.14. The van der Waals surface area contributed by atoms with Crippen molar-refractivity contribution in [3.8, 4) is 0 Å². The Kier molecular flexibility index (Phi) is 5.75. The van der Waals surface area contributed by atoms with Crippen LogP contribution >= 0.6 is 11.8 Å². The van der Waals surface area contributed by atoms with Crippen molar-refractivity contribution in [3.63, 3.8) is 0 Å². The molecule has 0 aromatic rings. The summed E-state index contributed by atoms with van der Waals surface area (Å²) in [4.78, 5) is 13.9. The molecule has 1 spiro atoms. The van der Waals surface area contributed by atoms with Crippen molar-refractivity contribution in [2.45, 2.75) is 57.2 Å². The molecule has 2 heterocycles. The van der Waals surface area contributed by atoms with Crippen molar-refractivity contribution in [3.05, 3.63) is 0 Å². The number of carbonyl (C=O) groups is 1. The van der Waals surface area contributed by atoms with E-state index in [2.05, 4.69) is 5.32 Å². The molecule has 20 heavy (non-hydrogen) atoms. The minimum absolute atomic E-state index is 0.0839. The van der Waals surface area contributed by atoms with Gasteiger partial charge in [-0.2, -0.15) is 11.8 Å². The number of thioether (sulfide) groups is 1. The third-order valence-electron chi connectivity index (χ3n) is 4.60. The maximum Gasteiger partial charge on any atom is 0.239 e. The van der Waals surface area contributed by atoms with Crippen LogP contribution in [0, 0.1) is 0 Å². The number of amides is 1. The number of nitrogens with one attached hydrogen (secondary N) is 1. The van der Waals surface area contributed by atoms with Crippen LogP contribution in [0.4, 0.5) is 0 Å². The van der Waals surface area contributed by atoms with E-state index in [9.17, 15) is 4.79 Å². The van der Waals surface area contributed by atoms with Crippen LogP contribution in [0.2, 0.25) is 0 Å². The van der Waals surface area contributed by atoms with Gasteiger partial charge in [-0.05, 0) is 51.0 Å². The molecule has 2 saturated heterocycles. The van der Waals surface area contributed by atoms with E-state index in [0.717, 1.165) is 38.8 Å². The summed E-state index contributed by atoms with van der Waals surface area (Å²) in [5.41, 5.74) is 0.0839. The van der Waals surface area contributed by atoms with Gasteiger partial charge in [-0.15, -0.1) is 0 Å². The summed E-state index contributed by atoms with van der Waals surface area (Å²) in [5.74, 6) is 2.60. The van der Waals surface area contributed by atoms with Crippen LogP contribution in [0.15, 0.2) is 0 Å². The second-order valence-electron chi connectivity index (χ2n) is 6.07. The summed E-state index contributed by atoms with van der Waals surface area (Å²) in [6.07, 6.45) is 4.39. The highest BCUT2D eigenvalue weighted by Gasteiger charge is 2.39. The summed E-state index contributed by atoms with van der Waals surface area (Å²) in [6.45, 7) is 5.58.